The van der Waals surface area contributed by atoms with Gasteiger partial charge in [-0.3, -0.25) is 0 Å². The molecule has 140 valence electrons. The highest BCUT2D eigenvalue weighted by molar-refractivity contribution is 5.57. The summed E-state index contributed by atoms with van der Waals surface area (Å²) in [5.41, 5.74) is 9.83. The summed E-state index contributed by atoms with van der Waals surface area (Å²) in [5.74, 6) is 0.730. The Labute approximate surface area is 154 Å². The minimum absolute atomic E-state index is 0.0860. The van der Waals surface area contributed by atoms with Crippen LogP contribution in [-0.4, -0.2) is 38.8 Å². The fourth-order valence-corrected chi connectivity index (χ4v) is 5.29. The topological polar surface area (TPSA) is 68.7 Å². The lowest BCUT2D eigenvalue weighted by Gasteiger charge is -2.39. The minimum atomic E-state index is -0.297. The van der Waals surface area contributed by atoms with Gasteiger partial charge in [0.05, 0.1) is 23.0 Å². The molecule has 3 saturated heterocycles. The van der Waals surface area contributed by atoms with Crippen LogP contribution in [0.25, 0.3) is 5.65 Å². The smallest absolute Gasteiger partial charge is 0.182 e. The van der Waals surface area contributed by atoms with Crippen molar-refractivity contribution in [1.82, 2.24) is 14.6 Å². The number of pyridine rings is 1. The predicted molar refractivity (Wildman–Crippen MR) is 101 cm³/mol. The van der Waals surface area contributed by atoms with E-state index >= 15 is 0 Å². The molecule has 3 aliphatic heterocycles. The molecule has 1 aliphatic carbocycles. The zero-order chi connectivity index (χ0) is 18.3. The van der Waals surface area contributed by atoms with Gasteiger partial charge in [0, 0.05) is 13.1 Å². The highest BCUT2D eigenvalue weighted by atomic mass is 16.5. The second kappa shape index (κ2) is 4.98. The molecule has 6 nitrogen and oxygen atoms in total. The van der Waals surface area contributed by atoms with Gasteiger partial charge >= 0.3 is 0 Å². The summed E-state index contributed by atoms with van der Waals surface area (Å²) >= 11 is 0. The first-order valence-corrected chi connectivity index (χ1v) is 9.81. The molecule has 0 spiro atoms. The molecule has 26 heavy (non-hydrogen) atoms. The van der Waals surface area contributed by atoms with E-state index in [0.717, 1.165) is 43.0 Å². The molecule has 0 aromatic carbocycles. The average molecular weight is 355 g/mol. The molecular weight excluding hydrogens is 326 g/mol. The number of aryl methyl sites for hydroxylation is 1. The van der Waals surface area contributed by atoms with Crippen molar-refractivity contribution in [2.24, 2.45) is 11.1 Å². The van der Waals surface area contributed by atoms with Crippen molar-refractivity contribution >= 4 is 11.3 Å². The molecule has 4 fully saturated rings. The molecular formula is C20H29N5O. The number of nitrogens with zero attached hydrogens (tertiary/aromatic N) is 4. The van der Waals surface area contributed by atoms with E-state index < -0.39 is 0 Å². The molecule has 4 aliphatic rings. The van der Waals surface area contributed by atoms with Crippen LogP contribution in [0.5, 0.6) is 0 Å². The molecule has 1 saturated carbocycles. The van der Waals surface area contributed by atoms with Gasteiger partial charge in [-0.15, -0.1) is 5.10 Å². The Morgan fingerprint density at radius 3 is 2.73 bits per heavy atom. The molecule has 6 heteroatoms. The van der Waals surface area contributed by atoms with E-state index in [2.05, 4.69) is 44.9 Å². The third-order valence-electron chi connectivity index (χ3n) is 6.96. The van der Waals surface area contributed by atoms with Gasteiger partial charge < -0.3 is 15.4 Å². The second-order valence-corrected chi connectivity index (χ2v) is 9.49. The van der Waals surface area contributed by atoms with Crippen molar-refractivity contribution in [1.29, 1.82) is 0 Å². The lowest BCUT2D eigenvalue weighted by Crippen LogP contribution is -2.54. The van der Waals surface area contributed by atoms with Crippen LogP contribution in [0.3, 0.4) is 0 Å². The molecule has 1 unspecified atom stereocenters. The number of hydrogen-bond acceptors (Lipinski definition) is 5. The van der Waals surface area contributed by atoms with Crippen LogP contribution in [0.15, 0.2) is 12.3 Å². The third kappa shape index (κ3) is 2.24. The molecule has 5 heterocycles. The molecule has 6 rings (SSSR count). The lowest BCUT2D eigenvalue weighted by atomic mass is 9.67. The van der Waals surface area contributed by atoms with Crippen LogP contribution >= 0.6 is 0 Å². The van der Waals surface area contributed by atoms with Gasteiger partial charge in [0.25, 0.3) is 0 Å². The third-order valence-corrected chi connectivity index (χ3v) is 6.96. The van der Waals surface area contributed by atoms with Crippen molar-refractivity contribution in [3.05, 3.63) is 23.7 Å². The van der Waals surface area contributed by atoms with Crippen LogP contribution in [0.2, 0.25) is 0 Å². The first kappa shape index (κ1) is 16.5. The summed E-state index contributed by atoms with van der Waals surface area (Å²) in [4.78, 5) is 7.27. The molecule has 0 amide bonds. The first-order valence-electron chi connectivity index (χ1n) is 9.81. The number of rotatable bonds is 3. The quantitative estimate of drug-likeness (QED) is 0.917. The highest BCUT2D eigenvalue weighted by Gasteiger charge is 2.65. The average Bonchev–Trinajstić information content (AvgIpc) is 3.26. The maximum absolute atomic E-state index is 6.52. The maximum atomic E-state index is 6.52. The van der Waals surface area contributed by atoms with Gasteiger partial charge in [0.15, 0.2) is 11.5 Å². The normalized spacial score (nSPS) is 39.0. The van der Waals surface area contributed by atoms with Gasteiger partial charge in [-0.25, -0.2) is 9.50 Å². The molecule has 2 aromatic rings. The Morgan fingerprint density at radius 2 is 2.12 bits per heavy atom. The number of nitrogens with two attached hydrogens (primary N) is 1. The first-order chi connectivity index (χ1) is 12.2. The molecule has 2 aromatic heterocycles. The molecule has 0 radical (unpaired) electrons. The number of fused-ring (bicyclic) bond motifs is 2. The minimum Gasteiger partial charge on any atom is -0.370 e. The van der Waals surface area contributed by atoms with E-state index in [4.69, 9.17) is 20.6 Å². The van der Waals surface area contributed by atoms with Crippen LogP contribution in [0.4, 0.5) is 5.69 Å². The van der Waals surface area contributed by atoms with E-state index in [1.54, 1.807) is 0 Å². The second-order valence-electron chi connectivity index (χ2n) is 9.49. The van der Waals surface area contributed by atoms with Crippen molar-refractivity contribution < 1.29 is 4.74 Å². The molecule has 2 bridgehead atoms. The van der Waals surface area contributed by atoms with E-state index in [-0.39, 0.29) is 17.2 Å². The Hall–Kier alpha value is -1.66. The predicted octanol–water partition coefficient (Wildman–Crippen LogP) is 2.99. The Bertz CT molecular complexity index is 884. The van der Waals surface area contributed by atoms with Crippen molar-refractivity contribution in [3.63, 3.8) is 0 Å². The van der Waals surface area contributed by atoms with Crippen molar-refractivity contribution in [2.45, 2.75) is 70.6 Å². The summed E-state index contributed by atoms with van der Waals surface area (Å²) in [6.45, 7) is 11.1. The fraction of sp³-hybridized carbons (Fsp3) is 0.700. The van der Waals surface area contributed by atoms with Gasteiger partial charge in [-0.05, 0) is 56.6 Å². The Balaban J connectivity index is 1.49. The monoisotopic (exact) mass is 355 g/mol. The number of hydrogen-bond donors (Lipinski definition) is 1. The van der Waals surface area contributed by atoms with E-state index in [0.29, 0.717) is 5.41 Å². The van der Waals surface area contributed by atoms with E-state index in [1.165, 1.54) is 18.5 Å². The SMILES string of the molecule is CC[C@@]1(C)CCN(c2cc(C)c3nc(C4OC5(C)CC4(N)C5)nn3c2)C1. The molecule has 2 N–H and O–H groups in total. The number of ether oxygens (including phenoxy) is 1. The van der Waals surface area contributed by atoms with Gasteiger partial charge in [-0.2, -0.15) is 0 Å². The summed E-state index contributed by atoms with van der Waals surface area (Å²) in [6.07, 6.45) is 6.18. The van der Waals surface area contributed by atoms with Crippen LogP contribution in [0, 0.1) is 12.3 Å². The number of aromatic nitrogens is 3. The van der Waals surface area contributed by atoms with Gasteiger partial charge in [0.2, 0.25) is 0 Å². The van der Waals surface area contributed by atoms with E-state index in [9.17, 15) is 0 Å². The van der Waals surface area contributed by atoms with Crippen LogP contribution in [-0.2, 0) is 4.74 Å². The van der Waals surface area contributed by atoms with E-state index in [1.807, 2.05) is 4.52 Å². The summed E-state index contributed by atoms with van der Waals surface area (Å²) < 4.78 is 8.10. The Kier molecular flexibility index (Phi) is 3.17. The standard InChI is InChI=1S/C20H29N5O/c1-5-18(3)6-7-24(12-18)14-8-13(2)17-22-16(23-25(17)9-14)15-20(21)10-19(4,11-20)26-15/h8-9,15H,5-7,10-12,21H2,1-4H3/t15?,18-,19?,20?/m0/s1. The van der Waals surface area contributed by atoms with Gasteiger partial charge in [-0.1, -0.05) is 13.8 Å². The largest absolute Gasteiger partial charge is 0.370 e. The Morgan fingerprint density at radius 1 is 1.35 bits per heavy atom. The van der Waals surface area contributed by atoms with Crippen molar-refractivity contribution in [2.75, 3.05) is 18.0 Å². The maximum Gasteiger partial charge on any atom is 0.182 e. The summed E-state index contributed by atoms with van der Waals surface area (Å²) in [5, 5.41) is 4.77. The number of anilines is 1. The van der Waals surface area contributed by atoms with Crippen LogP contribution < -0.4 is 10.6 Å². The highest BCUT2D eigenvalue weighted by Crippen LogP contribution is 2.59. The van der Waals surface area contributed by atoms with Crippen molar-refractivity contribution in [3.8, 4) is 0 Å². The zero-order valence-electron chi connectivity index (χ0n) is 16.2. The summed E-state index contributed by atoms with van der Waals surface area (Å²) in [6, 6.07) is 2.24. The molecule has 2 atom stereocenters. The fourth-order valence-electron chi connectivity index (χ4n) is 5.29. The summed E-state index contributed by atoms with van der Waals surface area (Å²) in [7, 11) is 0. The van der Waals surface area contributed by atoms with Crippen LogP contribution in [0.1, 0.15) is 63.9 Å². The van der Waals surface area contributed by atoms with Gasteiger partial charge in [0.1, 0.15) is 6.10 Å². The lowest BCUT2D eigenvalue weighted by molar-refractivity contribution is -0.0111. The zero-order valence-corrected chi connectivity index (χ0v) is 16.2.